The van der Waals surface area contributed by atoms with Gasteiger partial charge in [0.2, 0.25) is 0 Å². The van der Waals surface area contributed by atoms with E-state index >= 15 is 0 Å². The normalized spacial score (nSPS) is 10.8. The third-order valence-electron chi connectivity index (χ3n) is 2.13. The quantitative estimate of drug-likeness (QED) is 0.298. The lowest BCUT2D eigenvalue weighted by molar-refractivity contribution is 1.46. The first-order chi connectivity index (χ1) is 9.02. The molecule has 0 aliphatic carbocycles. The van der Waals surface area contributed by atoms with Crippen molar-refractivity contribution in [1.29, 1.82) is 0 Å². The van der Waals surface area contributed by atoms with Gasteiger partial charge < -0.3 is 0 Å². The number of rotatable bonds is 3. The van der Waals surface area contributed by atoms with Gasteiger partial charge in [0.15, 0.2) is 0 Å². The Labute approximate surface area is 144 Å². The highest BCUT2D eigenvalue weighted by molar-refractivity contribution is 8.76. The number of hydrogen-bond donors (Lipinski definition) is 0. The number of hydrogen-bond acceptors (Lipinski definition) is 2. The average Bonchev–Trinajstić information content (AvgIpc) is 2.44. The molecule has 0 saturated heterocycles. The maximum atomic E-state index is 6.15. The van der Waals surface area contributed by atoms with Gasteiger partial charge in [-0.05, 0) is 22.9 Å². The highest BCUT2D eigenvalue weighted by atomic mass is 35.5. The van der Waals surface area contributed by atoms with Crippen LogP contribution in [0, 0.1) is 0 Å². The minimum Gasteiger partial charge on any atom is -0.0813 e. The van der Waals surface area contributed by atoms with Crippen LogP contribution in [0.2, 0.25) is 25.1 Å². The Balaban J connectivity index is 2.31. The van der Waals surface area contributed by atoms with Crippen LogP contribution < -0.4 is 0 Å². The molecule has 2 aromatic rings. The molecule has 0 spiro atoms. The minimum atomic E-state index is 0.174. The van der Waals surface area contributed by atoms with E-state index < -0.39 is 0 Å². The molecule has 7 heteroatoms. The highest BCUT2D eigenvalue weighted by Crippen LogP contribution is 2.51. The Kier molecular flexibility index (Phi) is 5.91. The van der Waals surface area contributed by atoms with Gasteiger partial charge in [-0.1, -0.05) is 87.0 Å². The first-order valence-corrected chi connectivity index (χ1v) is 8.97. The van der Waals surface area contributed by atoms with Crippen molar-refractivity contribution in [2.75, 3.05) is 0 Å². The van der Waals surface area contributed by atoms with Gasteiger partial charge in [-0.15, -0.1) is 0 Å². The summed E-state index contributed by atoms with van der Waals surface area (Å²) in [4.78, 5) is 1.68. The SMILES string of the molecule is Clc1c(Cl)c(Cl)c(SSc2ccccc2)c(Cl)c1Cl. The summed E-state index contributed by atoms with van der Waals surface area (Å²) in [5.41, 5.74) is 0. The van der Waals surface area contributed by atoms with E-state index in [2.05, 4.69) is 0 Å². The van der Waals surface area contributed by atoms with Gasteiger partial charge >= 0.3 is 0 Å². The molecule has 0 N–H and O–H groups in total. The molecular formula is C12H5Cl5S2. The van der Waals surface area contributed by atoms with E-state index in [9.17, 15) is 0 Å². The van der Waals surface area contributed by atoms with Gasteiger partial charge in [-0.25, -0.2) is 0 Å². The van der Waals surface area contributed by atoms with Gasteiger partial charge in [-0.2, -0.15) is 0 Å². The molecule has 0 amide bonds. The topological polar surface area (TPSA) is 0 Å². The van der Waals surface area contributed by atoms with Crippen LogP contribution >= 0.6 is 79.6 Å². The Morgan fingerprint density at radius 3 is 1.58 bits per heavy atom. The molecule has 0 unspecified atom stereocenters. The molecule has 0 aliphatic rings. The van der Waals surface area contributed by atoms with E-state index in [1.54, 1.807) is 0 Å². The van der Waals surface area contributed by atoms with Gasteiger partial charge in [0.05, 0.1) is 30.0 Å². The predicted molar refractivity (Wildman–Crippen MR) is 89.6 cm³/mol. The zero-order chi connectivity index (χ0) is 14.0. The zero-order valence-electron chi connectivity index (χ0n) is 9.09. The summed E-state index contributed by atoms with van der Waals surface area (Å²) in [6.07, 6.45) is 0. The first-order valence-electron chi connectivity index (χ1n) is 4.93. The molecule has 0 fully saturated rings. The Morgan fingerprint density at radius 2 is 1.05 bits per heavy atom. The summed E-state index contributed by atoms with van der Waals surface area (Å²) in [5, 5.41) is 1.24. The molecule has 0 saturated carbocycles. The van der Waals surface area contributed by atoms with Crippen molar-refractivity contribution in [3.8, 4) is 0 Å². The van der Waals surface area contributed by atoms with Gasteiger partial charge in [0.1, 0.15) is 0 Å². The summed E-state index contributed by atoms with van der Waals surface area (Å²) < 4.78 is 0. The molecule has 0 radical (unpaired) electrons. The smallest absolute Gasteiger partial charge is 0.0809 e. The largest absolute Gasteiger partial charge is 0.0813 e. The van der Waals surface area contributed by atoms with Crippen LogP contribution in [0.4, 0.5) is 0 Å². The van der Waals surface area contributed by atoms with Crippen molar-refractivity contribution in [2.24, 2.45) is 0 Å². The van der Waals surface area contributed by atoms with E-state index in [1.165, 1.54) is 21.6 Å². The summed E-state index contributed by atoms with van der Waals surface area (Å²) in [6.45, 7) is 0. The van der Waals surface area contributed by atoms with Crippen LogP contribution in [-0.2, 0) is 0 Å². The summed E-state index contributed by atoms with van der Waals surface area (Å²) >= 11 is 30.2. The third kappa shape index (κ3) is 3.62. The van der Waals surface area contributed by atoms with Crippen molar-refractivity contribution in [3.63, 3.8) is 0 Å². The molecule has 2 rings (SSSR count). The van der Waals surface area contributed by atoms with Crippen LogP contribution in [0.25, 0.3) is 0 Å². The van der Waals surface area contributed by atoms with Crippen LogP contribution in [0.15, 0.2) is 40.1 Å². The molecule has 0 heterocycles. The monoisotopic (exact) mass is 388 g/mol. The van der Waals surface area contributed by atoms with Crippen molar-refractivity contribution in [2.45, 2.75) is 9.79 Å². The van der Waals surface area contributed by atoms with E-state index in [4.69, 9.17) is 58.0 Å². The number of halogens is 5. The fraction of sp³-hybridized carbons (Fsp3) is 0. The Hall–Kier alpha value is 0.590. The predicted octanol–water partition coefficient (Wildman–Crippen LogP) is 7.75. The molecule has 2 aromatic carbocycles. The van der Waals surface area contributed by atoms with Crippen molar-refractivity contribution in [1.82, 2.24) is 0 Å². The summed E-state index contributed by atoms with van der Waals surface area (Å²) in [5.74, 6) is 0. The maximum absolute atomic E-state index is 6.15. The standard InChI is InChI=1S/C12H5Cl5S2/c13-7-8(14)10(16)12(11(17)9(7)15)19-18-6-4-2-1-3-5-6/h1-5H. The van der Waals surface area contributed by atoms with Crippen molar-refractivity contribution < 1.29 is 0 Å². The molecule has 100 valence electrons. The maximum Gasteiger partial charge on any atom is 0.0809 e. The van der Waals surface area contributed by atoms with Crippen LogP contribution in [-0.4, -0.2) is 0 Å². The van der Waals surface area contributed by atoms with Gasteiger partial charge in [-0.3, -0.25) is 0 Å². The number of benzene rings is 2. The molecule has 0 aliphatic heterocycles. The van der Waals surface area contributed by atoms with Crippen molar-refractivity contribution in [3.05, 3.63) is 55.4 Å². The summed E-state index contributed by atoms with van der Waals surface area (Å²) in [7, 11) is 2.90. The van der Waals surface area contributed by atoms with E-state index in [1.807, 2.05) is 30.3 Å². The molecule has 0 aromatic heterocycles. The molecule has 0 nitrogen and oxygen atoms in total. The van der Waals surface area contributed by atoms with E-state index in [-0.39, 0.29) is 15.1 Å². The lowest BCUT2D eigenvalue weighted by Crippen LogP contribution is -1.82. The van der Waals surface area contributed by atoms with E-state index in [0.717, 1.165) is 4.90 Å². The lowest BCUT2D eigenvalue weighted by atomic mass is 10.3. The van der Waals surface area contributed by atoms with Crippen molar-refractivity contribution >= 4 is 79.6 Å². The molecule has 0 bridgehead atoms. The van der Waals surface area contributed by atoms with Gasteiger partial charge in [0.25, 0.3) is 0 Å². The second kappa shape index (κ2) is 7.04. The fourth-order valence-electron chi connectivity index (χ4n) is 1.22. The second-order valence-corrected chi connectivity index (χ2v) is 7.48. The fourth-order valence-corrected chi connectivity index (χ4v) is 5.15. The summed E-state index contributed by atoms with van der Waals surface area (Å²) in [6, 6.07) is 9.82. The second-order valence-electron chi connectivity index (χ2n) is 3.38. The Morgan fingerprint density at radius 1 is 0.579 bits per heavy atom. The average molecular weight is 391 g/mol. The molecule has 0 atom stereocenters. The van der Waals surface area contributed by atoms with Gasteiger partial charge in [0, 0.05) is 4.90 Å². The third-order valence-corrected chi connectivity index (χ3v) is 7.09. The van der Waals surface area contributed by atoms with Crippen LogP contribution in [0.1, 0.15) is 0 Å². The molecular weight excluding hydrogens is 386 g/mol. The minimum absolute atomic E-state index is 0.174. The Bertz CT molecular complexity index is 572. The zero-order valence-corrected chi connectivity index (χ0v) is 14.5. The lowest BCUT2D eigenvalue weighted by Gasteiger charge is -2.11. The van der Waals surface area contributed by atoms with E-state index in [0.29, 0.717) is 14.9 Å². The first kappa shape index (κ1) is 16.0. The molecule has 19 heavy (non-hydrogen) atoms. The van der Waals surface area contributed by atoms with Crippen LogP contribution in [0.5, 0.6) is 0 Å². The highest BCUT2D eigenvalue weighted by Gasteiger charge is 2.19. The van der Waals surface area contributed by atoms with Crippen LogP contribution in [0.3, 0.4) is 0 Å².